The van der Waals surface area contributed by atoms with Crippen molar-refractivity contribution in [3.63, 3.8) is 0 Å². The van der Waals surface area contributed by atoms with Crippen molar-refractivity contribution in [1.82, 2.24) is 0 Å². The summed E-state index contributed by atoms with van der Waals surface area (Å²) < 4.78 is 10.3. The second-order valence-corrected chi connectivity index (χ2v) is 3.83. The number of hydrogen-bond acceptors (Lipinski definition) is 3. The summed E-state index contributed by atoms with van der Waals surface area (Å²) in [5, 5.41) is 0. The minimum Gasteiger partial charge on any atom is -0.489 e. The summed E-state index contributed by atoms with van der Waals surface area (Å²) >= 11 is 0. The zero-order valence-electron chi connectivity index (χ0n) is 9.91. The van der Waals surface area contributed by atoms with E-state index < -0.39 is 0 Å². The number of ether oxygens (including phenoxy) is 2. The summed E-state index contributed by atoms with van der Waals surface area (Å²) in [5.74, 6) is 0.800. The Kier molecular flexibility index (Phi) is 4.36. The fraction of sp³-hybridized carbons (Fsp3) is 0.133. The first kappa shape index (κ1) is 12.2. The van der Waals surface area contributed by atoms with Gasteiger partial charge in [0.05, 0.1) is 0 Å². The molecule has 3 nitrogen and oxygen atoms in total. The maximum absolute atomic E-state index is 10.1. The van der Waals surface area contributed by atoms with E-state index in [1.807, 2.05) is 54.6 Å². The van der Waals surface area contributed by atoms with Crippen molar-refractivity contribution >= 4 is 6.47 Å². The average molecular weight is 242 g/mol. The minimum absolute atomic E-state index is 0.294. The predicted octanol–water partition coefficient (Wildman–Crippen LogP) is 2.94. The van der Waals surface area contributed by atoms with Gasteiger partial charge in [-0.15, -0.1) is 0 Å². The van der Waals surface area contributed by atoms with E-state index in [9.17, 15) is 4.79 Å². The number of hydrogen-bond donors (Lipinski definition) is 0. The smallest absolute Gasteiger partial charge is 0.293 e. The zero-order chi connectivity index (χ0) is 12.6. The van der Waals surface area contributed by atoms with E-state index in [-0.39, 0.29) is 0 Å². The summed E-state index contributed by atoms with van der Waals surface area (Å²) in [6.45, 7) is 1.29. The summed E-state index contributed by atoms with van der Waals surface area (Å²) in [5.41, 5.74) is 2.07. The van der Waals surface area contributed by atoms with E-state index in [1.165, 1.54) is 0 Å². The molecule has 0 aromatic heterocycles. The lowest BCUT2D eigenvalue weighted by molar-refractivity contribution is -0.129. The van der Waals surface area contributed by atoms with E-state index in [1.54, 1.807) is 0 Å². The molecular formula is C15H14O3. The van der Waals surface area contributed by atoms with Crippen LogP contribution in [-0.2, 0) is 22.7 Å². The molecule has 92 valence electrons. The van der Waals surface area contributed by atoms with Crippen molar-refractivity contribution in [2.24, 2.45) is 0 Å². The third-order valence-electron chi connectivity index (χ3n) is 2.49. The normalized spacial score (nSPS) is 9.78. The van der Waals surface area contributed by atoms with E-state index in [0.29, 0.717) is 19.7 Å². The van der Waals surface area contributed by atoms with Gasteiger partial charge in [-0.25, -0.2) is 0 Å². The zero-order valence-corrected chi connectivity index (χ0v) is 9.91. The van der Waals surface area contributed by atoms with Crippen molar-refractivity contribution in [2.45, 2.75) is 13.2 Å². The monoisotopic (exact) mass is 242 g/mol. The fourth-order valence-electron chi connectivity index (χ4n) is 1.55. The van der Waals surface area contributed by atoms with Crippen LogP contribution in [0.15, 0.2) is 54.6 Å². The molecule has 0 aliphatic rings. The number of rotatable bonds is 6. The molecule has 0 saturated carbocycles. The lowest BCUT2D eigenvalue weighted by Gasteiger charge is -2.07. The highest BCUT2D eigenvalue weighted by atomic mass is 16.5. The van der Waals surface area contributed by atoms with Crippen LogP contribution in [0.4, 0.5) is 0 Å². The van der Waals surface area contributed by atoms with Crippen molar-refractivity contribution < 1.29 is 14.3 Å². The molecule has 2 rings (SSSR count). The first-order valence-corrected chi connectivity index (χ1v) is 5.69. The molecule has 2 aromatic carbocycles. The van der Waals surface area contributed by atoms with Gasteiger partial charge >= 0.3 is 0 Å². The first-order chi connectivity index (χ1) is 8.88. The van der Waals surface area contributed by atoms with Gasteiger partial charge in [-0.2, -0.15) is 0 Å². The van der Waals surface area contributed by atoms with E-state index in [0.717, 1.165) is 16.9 Å². The summed E-state index contributed by atoms with van der Waals surface area (Å²) in [6, 6.07) is 17.5. The van der Waals surface area contributed by atoms with E-state index in [2.05, 4.69) is 4.74 Å². The van der Waals surface area contributed by atoms with Gasteiger partial charge in [0.2, 0.25) is 0 Å². The molecule has 3 heteroatoms. The molecule has 0 amide bonds. The standard InChI is InChI=1S/C15H14O3/c16-12-17-10-14-6-8-15(9-7-14)18-11-13-4-2-1-3-5-13/h1-9,12H,10-11H2. The Balaban J connectivity index is 1.88. The summed E-state index contributed by atoms with van der Waals surface area (Å²) in [4.78, 5) is 10.1. The van der Waals surface area contributed by atoms with Crippen molar-refractivity contribution in [2.75, 3.05) is 0 Å². The van der Waals surface area contributed by atoms with Gasteiger partial charge in [0.25, 0.3) is 6.47 Å². The Morgan fingerprint density at radius 1 is 0.833 bits per heavy atom. The Bertz CT molecular complexity index is 477. The number of carbonyl (C=O) groups excluding carboxylic acids is 1. The van der Waals surface area contributed by atoms with Crippen molar-refractivity contribution in [3.8, 4) is 5.75 Å². The largest absolute Gasteiger partial charge is 0.489 e. The van der Waals surface area contributed by atoms with E-state index in [4.69, 9.17) is 4.74 Å². The van der Waals surface area contributed by atoms with Crippen LogP contribution in [-0.4, -0.2) is 6.47 Å². The highest BCUT2D eigenvalue weighted by Crippen LogP contribution is 2.14. The lowest BCUT2D eigenvalue weighted by Crippen LogP contribution is -1.95. The van der Waals surface area contributed by atoms with Crippen LogP contribution in [0, 0.1) is 0 Å². The lowest BCUT2D eigenvalue weighted by atomic mass is 10.2. The quantitative estimate of drug-likeness (QED) is 0.730. The van der Waals surface area contributed by atoms with Crippen LogP contribution in [0.3, 0.4) is 0 Å². The molecule has 0 N–H and O–H groups in total. The van der Waals surface area contributed by atoms with Gasteiger partial charge in [-0.3, -0.25) is 4.79 Å². The second-order valence-electron chi connectivity index (χ2n) is 3.83. The molecular weight excluding hydrogens is 228 g/mol. The number of benzene rings is 2. The summed E-state index contributed by atoms with van der Waals surface area (Å²) in [7, 11) is 0. The molecule has 0 aliphatic heterocycles. The molecule has 0 saturated heterocycles. The second kappa shape index (κ2) is 6.45. The average Bonchev–Trinajstić information content (AvgIpc) is 2.45. The Morgan fingerprint density at radius 3 is 2.17 bits per heavy atom. The van der Waals surface area contributed by atoms with Crippen molar-refractivity contribution in [3.05, 3.63) is 65.7 Å². The van der Waals surface area contributed by atoms with Gasteiger partial charge in [-0.05, 0) is 23.3 Å². The maximum Gasteiger partial charge on any atom is 0.293 e. The topological polar surface area (TPSA) is 35.5 Å². The third-order valence-corrected chi connectivity index (χ3v) is 2.49. The Labute approximate surface area is 106 Å². The van der Waals surface area contributed by atoms with Gasteiger partial charge in [-0.1, -0.05) is 42.5 Å². The molecule has 0 atom stereocenters. The molecule has 0 spiro atoms. The minimum atomic E-state index is 0.294. The van der Waals surface area contributed by atoms with Crippen LogP contribution in [0.25, 0.3) is 0 Å². The van der Waals surface area contributed by atoms with Gasteiger partial charge in [0.15, 0.2) is 0 Å². The van der Waals surface area contributed by atoms with Crippen LogP contribution in [0.1, 0.15) is 11.1 Å². The number of carbonyl (C=O) groups is 1. The van der Waals surface area contributed by atoms with Crippen LogP contribution in [0.2, 0.25) is 0 Å². The van der Waals surface area contributed by atoms with Crippen LogP contribution in [0.5, 0.6) is 5.75 Å². The molecule has 0 bridgehead atoms. The van der Waals surface area contributed by atoms with Crippen LogP contribution < -0.4 is 4.74 Å². The Morgan fingerprint density at radius 2 is 1.50 bits per heavy atom. The highest BCUT2D eigenvalue weighted by Gasteiger charge is 1.97. The first-order valence-electron chi connectivity index (χ1n) is 5.69. The van der Waals surface area contributed by atoms with Gasteiger partial charge in [0.1, 0.15) is 19.0 Å². The molecule has 0 unspecified atom stereocenters. The van der Waals surface area contributed by atoms with Crippen molar-refractivity contribution in [1.29, 1.82) is 0 Å². The van der Waals surface area contributed by atoms with Crippen LogP contribution >= 0.6 is 0 Å². The summed E-state index contributed by atoms with van der Waals surface area (Å²) in [6.07, 6.45) is 0. The van der Waals surface area contributed by atoms with Gasteiger partial charge in [0, 0.05) is 0 Å². The maximum atomic E-state index is 10.1. The molecule has 2 aromatic rings. The van der Waals surface area contributed by atoms with E-state index >= 15 is 0 Å². The molecule has 0 fully saturated rings. The Hall–Kier alpha value is -2.29. The SMILES string of the molecule is O=COCc1ccc(OCc2ccccc2)cc1. The highest BCUT2D eigenvalue weighted by molar-refractivity contribution is 5.37. The fourth-order valence-corrected chi connectivity index (χ4v) is 1.55. The van der Waals surface area contributed by atoms with Gasteiger partial charge < -0.3 is 9.47 Å². The molecule has 0 aliphatic carbocycles. The molecule has 0 heterocycles. The molecule has 18 heavy (non-hydrogen) atoms. The third kappa shape index (κ3) is 3.63. The predicted molar refractivity (Wildman–Crippen MR) is 68.1 cm³/mol. The molecule has 0 radical (unpaired) electrons.